The van der Waals surface area contributed by atoms with Crippen LogP contribution in [0.3, 0.4) is 0 Å². The second-order valence-corrected chi connectivity index (χ2v) is 6.59. The second kappa shape index (κ2) is 6.44. The zero-order valence-electron chi connectivity index (χ0n) is 11.1. The molecule has 108 valence electrons. The summed E-state index contributed by atoms with van der Waals surface area (Å²) < 4.78 is 27.2. The van der Waals surface area contributed by atoms with Crippen molar-refractivity contribution in [3.8, 4) is 0 Å². The van der Waals surface area contributed by atoms with Crippen molar-refractivity contribution in [2.24, 2.45) is 0 Å². The highest BCUT2D eigenvalue weighted by Crippen LogP contribution is 2.07. The van der Waals surface area contributed by atoms with Gasteiger partial charge >= 0.3 is 0 Å². The van der Waals surface area contributed by atoms with E-state index >= 15 is 0 Å². The Kier molecular flexibility index (Phi) is 5.45. The SMILES string of the molecule is CN(Cc1ccccc1)S(=O)(=O)NCC(C)(O)CO. The lowest BCUT2D eigenvalue weighted by Crippen LogP contribution is -2.47. The van der Waals surface area contributed by atoms with E-state index in [4.69, 9.17) is 5.11 Å². The van der Waals surface area contributed by atoms with Gasteiger partial charge < -0.3 is 10.2 Å². The van der Waals surface area contributed by atoms with E-state index in [9.17, 15) is 13.5 Å². The summed E-state index contributed by atoms with van der Waals surface area (Å²) in [5, 5.41) is 18.4. The third-order valence-electron chi connectivity index (χ3n) is 2.63. The van der Waals surface area contributed by atoms with Crippen LogP contribution in [0.5, 0.6) is 0 Å². The van der Waals surface area contributed by atoms with E-state index in [0.717, 1.165) is 9.87 Å². The van der Waals surface area contributed by atoms with Gasteiger partial charge in [-0.05, 0) is 12.5 Å². The molecule has 0 saturated heterocycles. The molecule has 0 fully saturated rings. The molecule has 0 radical (unpaired) electrons. The van der Waals surface area contributed by atoms with Gasteiger partial charge in [-0.1, -0.05) is 30.3 Å². The van der Waals surface area contributed by atoms with Crippen molar-refractivity contribution in [1.82, 2.24) is 9.03 Å². The Bertz CT molecular complexity index is 488. The molecular weight excluding hydrogens is 268 g/mol. The number of nitrogens with one attached hydrogen (secondary N) is 1. The monoisotopic (exact) mass is 288 g/mol. The summed E-state index contributed by atoms with van der Waals surface area (Å²) in [6.07, 6.45) is 0. The molecule has 0 bridgehead atoms. The van der Waals surface area contributed by atoms with Crippen molar-refractivity contribution in [3.63, 3.8) is 0 Å². The predicted octanol–water partition coefficient (Wildman–Crippen LogP) is -0.304. The number of aliphatic hydroxyl groups is 2. The largest absolute Gasteiger partial charge is 0.393 e. The Morgan fingerprint density at radius 1 is 1.32 bits per heavy atom. The Hall–Kier alpha value is -0.990. The minimum atomic E-state index is -3.69. The van der Waals surface area contributed by atoms with E-state index in [0.29, 0.717) is 0 Å². The fourth-order valence-electron chi connectivity index (χ4n) is 1.34. The molecule has 6 nitrogen and oxygen atoms in total. The van der Waals surface area contributed by atoms with Gasteiger partial charge in [0.25, 0.3) is 10.2 Å². The molecular formula is C12H20N2O4S. The summed E-state index contributed by atoms with van der Waals surface area (Å²) in [5.41, 5.74) is -0.606. The van der Waals surface area contributed by atoms with Gasteiger partial charge in [0.15, 0.2) is 0 Å². The molecule has 0 aromatic heterocycles. The lowest BCUT2D eigenvalue weighted by atomic mass is 10.1. The summed E-state index contributed by atoms with van der Waals surface area (Å²) in [5.74, 6) is 0. The molecule has 7 heteroatoms. The summed E-state index contributed by atoms with van der Waals surface area (Å²) in [7, 11) is -2.24. The summed E-state index contributed by atoms with van der Waals surface area (Å²) in [4.78, 5) is 0. The molecule has 3 N–H and O–H groups in total. The number of nitrogens with zero attached hydrogens (tertiary/aromatic N) is 1. The maximum Gasteiger partial charge on any atom is 0.279 e. The number of hydrogen-bond donors (Lipinski definition) is 3. The molecule has 0 aliphatic rings. The van der Waals surface area contributed by atoms with Crippen LogP contribution in [-0.4, -0.2) is 48.7 Å². The Morgan fingerprint density at radius 3 is 2.42 bits per heavy atom. The van der Waals surface area contributed by atoms with Crippen LogP contribution in [0, 0.1) is 0 Å². The van der Waals surface area contributed by atoms with E-state index in [1.807, 2.05) is 30.3 Å². The average molecular weight is 288 g/mol. The lowest BCUT2D eigenvalue weighted by Gasteiger charge is -2.23. The van der Waals surface area contributed by atoms with Crippen LogP contribution in [-0.2, 0) is 16.8 Å². The Labute approximate surface area is 113 Å². The van der Waals surface area contributed by atoms with Crippen LogP contribution in [0.1, 0.15) is 12.5 Å². The fourth-order valence-corrected chi connectivity index (χ4v) is 2.37. The molecule has 1 aromatic carbocycles. The van der Waals surface area contributed by atoms with Crippen molar-refractivity contribution in [2.45, 2.75) is 19.1 Å². The van der Waals surface area contributed by atoms with Crippen LogP contribution in [0.15, 0.2) is 30.3 Å². The van der Waals surface area contributed by atoms with Gasteiger partial charge in [0, 0.05) is 20.1 Å². The van der Waals surface area contributed by atoms with E-state index in [1.54, 1.807) is 0 Å². The summed E-state index contributed by atoms with van der Waals surface area (Å²) in [6, 6.07) is 9.18. The van der Waals surface area contributed by atoms with Crippen molar-refractivity contribution >= 4 is 10.2 Å². The standard InChI is InChI=1S/C12H20N2O4S/c1-12(16,10-15)9-13-19(17,18)14(2)8-11-6-4-3-5-7-11/h3-7,13,15-16H,8-10H2,1-2H3. The van der Waals surface area contributed by atoms with Gasteiger partial charge in [-0.15, -0.1) is 0 Å². The summed E-state index contributed by atoms with van der Waals surface area (Å²) >= 11 is 0. The molecule has 1 aromatic rings. The molecule has 0 spiro atoms. The average Bonchev–Trinajstić information content (AvgIpc) is 2.38. The van der Waals surface area contributed by atoms with E-state index in [-0.39, 0.29) is 13.1 Å². The highest BCUT2D eigenvalue weighted by atomic mass is 32.2. The van der Waals surface area contributed by atoms with Crippen molar-refractivity contribution in [1.29, 1.82) is 0 Å². The van der Waals surface area contributed by atoms with E-state index in [2.05, 4.69) is 4.72 Å². The van der Waals surface area contributed by atoms with Crippen LogP contribution in [0.25, 0.3) is 0 Å². The van der Waals surface area contributed by atoms with E-state index < -0.39 is 22.4 Å². The van der Waals surface area contributed by atoms with E-state index in [1.165, 1.54) is 14.0 Å². The minimum Gasteiger partial charge on any atom is -0.393 e. The zero-order valence-corrected chi connectivity index (χ0v) is 11.9. The maximum absolute atomic E-state index is 11.9. The number of benzene rings is 1. The molecule has 0 aliphatic heterocycles. The van der Waals surface area contributed by atoms with Gasteiger partial charge in [0.2, 0.25) is 0 Å². The van der Waals surface area contributed by atoms with Gasteiger partial charge in [-0.25, -0.2) is 0 Å². The first kappa shape index (κ1) is 16.1. The molecule has 0 amide bonds. The smallest absolute Gasteiger partial charge is 0.279 e. The third-order valence-corrected chi connectivity index (χ3v) is 4.09. The highest BCUT2D eigenvalue weighted by Gasteiger charge is 2.24. The molecule has 1 rings (SSSR count). The fraction of sp³-hybridized carbons (Fsp3) is 0.500. The first-order valence-electron chi connectivity index (χ1n) is 5.85. The topological polar surface area (TPSA) is 89.9 Å². The summed E-state index contributed by atoms with van der Waals surface area (Å²) in [6.45, 7) is 0.826. The third kappa shape index (κ3) is 5.25. The first-order chi connectivity index (χ1) is 8.77. The highest BCUT2D eigenvalue weighted by molar-refractivity contribution is 7.87. The zero-order chi connectivity index (χ0) is 14.5. The number of aliphatic hydroxyl groups excluding tert-OH is 1. The second-order valence-electron chi connectivity index (χ2n) is 4.72. The van der Waals surface area contributed by atoms with Crippen LogP contribution < -0.4 is 4.72 Å². The van der Waals surface area contributed by atoms with Gasteiger partial charge in [0.05, 0.1) is 12.2 Å². The van der Waals surface area contributed by atoms with Gasteiger partial charge in [-0.2, -0.15) is 17.4 Å². The predicted molar refractivity (Wildman–Crippen MR) is 72.5 cm³/mol. The molecule has 1 unspecified atom stereocenters. The van der Waals surface area contributed by atoms with Crippen LogP contribution >= 0.6 is 0 Å². The van der Waals surface area contributed by atoms with Gasteiger partial charge in [-0.3, -0.25) is 0 Å². The maximum atomic E-state index is 11.9. The molecule has 19 heavy (non-hydrogen) atoms. The Morgan fingerprint density at radius 2 is 1.89 bits per heavy atom. The lowest BCUT2D eigenvalue weighted by molar-refractivity contribution is 0.00656. The molecule has 1 atom stereocenters. The molecule has 0 saturated carbocycles. The number of hydrogen-bond acceptors (Lipinski definition) is 4. The Balaban J connectivity index is 2.62. The first-order valence-corrected chi connectivity index (χ1v) is 7.29. The van der Waals surface area contributed by atoms with Crippen LogP contribution in [0.4, 0.5) is 0 Å². The van der Waals surface area contributed by atoms with Crippen LogP contribution in [0.2, 0.25) is 0 Å². The van der Waals surface area contributed by atoms with Crippen molar-refractivity contribution in [2.75, 3.05) is 20.2 Å². The molecule has 0 heterocycles. The van der Waals surface area contributed by atoms with Crippen molar-refractivity contribution < 1.29 is 18.6 Å². The number of rotatable bonds is 7. The minimum absolute atomic E-state index is 0.234. The van der Waals surface area contributed by atoms with Crippen molar-refractivity contribution in [3.05, 3.63) is 35.9 Å². The van der Waals surface area contributed by atoms with Gasteiger partial charge in [0.1, 0.15) is 0 Å². The molecule has 0 aliphatic carbocycles. The quantitative estimate of drug-likeness (QED) is 0.642. The normalized spacial score (nSPS) is 15.4.